The zero-order chi connectivity index (χ0) is 14.0. The Morgan fingerprint density at radius 3 is 2.44 bits per heavy atom. The van der Waals surface area contributed by atoms with Crippen LogP contribution in [0.1, 0.15) is 53.9 Å². The zero-order valence-electron chi connectivity index (χ0n) is 12.6. The Balaban J connectivity index is 2.68. The van der Waals surface area contributed by atoms with Crippen LogP contribution >= 0.6 is 12.6 Å². The van der Waals surface area contributed by atoms with Gasteiger partial charge in [-0.05, 0) is 35.3 Å². The van der Waals surface area contributed by atoms with E-state index in [4.69, 9.17) is 0 Å². The minimum Gasteiger partial charge on any atom is -0.342 e. The third kappa shape index (κ3) is 4.49. The molecule has 3 heteroatoms. The topological polar surface area (TPSA) is 20.3 Å². The van der Waals surface area contributed by atoms with Crippen LogP contribution in [0.25, 0.3) is 0 Å². The smallest absolute Gasteiger partial charge is 0.222 e. The van der Waals surface area contributed by atoms with E-state index in [2.05, 4.69) is 52.1 Å². The van der Waals surface area contributed by atoms with E-state index < -0.39 is 0 Å². The van der Waals surface area contributed by atoms with Gasteiger partial charge in [0.2, 0.25) is 5.91 Å². The van der Waals surface area contributed by atoms with Gasteiger partial charge < -0.3 is 4.90 Å². The molecular formula is C15H29NOS. The molecule has 0 N–H and O–H groups in total. The van der Waals surface area contributed by atoms with E-state index in [0.29, 0.717) is 23.7 Å². The summed E-state index contributed by atoms with van der Waals surface area (Å²) >= 11 is 4.46. The summed E-state index contributed by atoms with van der Waals surface area (Å²) in [6.07, 6.45) is 2.84. The van der Waals surface area contributed by atoms with E-state index in [1.54, 1.807) is 0 Å². The van der Waals surface area contributed by atoms with Crippen LogP contribution in [0.5, 0.6) is 0 Å². The lowest BCUT2D eigenvalue weighted by Crippen LogP contribution is -2.40. The number of likely N-dealkylation sites (tertiary alicyclic amines) is 1. The van der Waals surface area contributed by atoms with Gasteiger partial charge in [0.25, 0.3) is 0 Å². The van der Waals surface area contributed by atoms with Crippen LogP contribution in [-0.2, 0) is 4.79 Å². The first-order chi connectivity index (χ1) is 8.15. The molecule has 0 aromatic rings. The first-order valence-electron chi connectivity index (χ1n) is 7.04. The summed E-state index contributed by atoms with van der Waals surface area (Å²) in [5, 5.41) is 0. The van der Waals surface area contributed by atoms with E-state index in [-0.39, 0.29) is 5.41 Å². The minimum absolute atomic E-state index is 0.212. The molecule has 1 rings (SSSR count). The van der Waals surface area contributed by atoms with Crippen molar-refractivity contribution in [2.45, 2.75) is 53.9 Å². The monoisotopic (exact) mass is 271 g/mol. The molecule has 0 bridgehead atoms. The van der Waals surface area contributed by atoms with Gasteiger partial charge in [0.05, 0.1) is 0 Å². The lowest BCUT2D eigenvalue weighted by molar-refractivity contribution is -0.131. The molecule has 1 aliphatic heterocycles. The van der Waals surface area contributed by atoms with E-state index >= 15 is 0 Å². The number of hydrogen-bond acceptors (Lipinski definition) is 2. The highest BCUT2D eigenvalue weighted by molar-refractivity contribution is 7.80. The molecule has 1 heterocycles. The van der Waals surface area contributed by atoms with Crippen LogP contribution in [0, 0.1) is 16.7 Å². The predicted molar refractivity (Wildman–Crippen MR) is 81.0 cm³/mol. The Kier molecular flexibility index (Phi) is 5.16. The second kappa shape index (κ2) is 5.85. The van der Waals surface area contributed by atoms with Gasteiger partial charge in [-0.15, -0.1) is 0 Å². The van der Waals surface area contributed by atoms with E-state index in [0.717, 1.165) is 31.7 Å². The Bertz CT molecular complexity index is 293. The number of rotatable bonds is 3. The summed E-state index contributed by atoms with van der Waals surface area (Å²) in [5.41, 5.74) is 0.520. The zero-order valence-corrected chi connectivity index (χ0v) is 13.5. The van der Waals surface area contributed by atoms with Gasteiger partial charge in [0.15, 0.2) is 0 Å². The lowest BCUT2D eigenvalue weighted by Gasteiger charge is -2.34. The molecule has 1 unspecified atom stereocenters. The first-order valence-corrected chi connectivity index (χ1v) is 7.67. The lowest BCUT2D eigenvalue weighted by atomic mass is 9.81. The van der Waals surface area contributed by atoms with E-state index in [9.17, 15) is 4.79 Å². The van der Waals surface area contributed by atoms with Crippen molar-refractivity contribution < 1.29 is 4.79 Å². The van der Waals surface area contributed by atoms with Gasteiger partial charge in [-0.25, -0.2) is 0 Å². The Morgan fingerprint density at radius 2 is 1.94 bits per heavy atom. The molecule has 1 amide bonds. The average Bonchev–Trinajstić information content (AvgIpc) is 2.35. The van der Waals surface area contributed by atoms with E-state index in [1.807, 2.05) is 0 Å². The summed E-state index contributed by atoms with van der Waals surface area (Å²) in [4.78, 5) is 14.3. The van der Waals surface area contributed by atoms with Crippen LogP contribution in [0.3, 0.4) is 0 Å². The van der Waals surface area contributed by atoms with Gasteiger partial charge in [-0.1, -0.05) is 34.6 Å². The first kappa shape index (κ1) is 15.9. The number of carbonyl (C=O) groups is 1. The Morgan fingerprint density at radius 1 is 1.33 bits per heavy atom. The Hall–Kier alpha value is -0.180. The molecule has 0 saturated carbocycles. The van der Waals surface area contributed by atoms with Gasteiger partial charge in [0.1, 0.15) is 0 Å². The normalized spacial score (nSPS) is 22.8. The molecule has 0 radical (unpaired) electrons. The van der Waals surface area contributed by atoms with Gasteiger partial charge in [-0.3, -0.25) is 4.79 Å². The number of hydrogen-bond donors (Lipinski definition) is 1. The SMILES string of the molecule is CC1(C)CCC(=O)N(CC(CS)C(C)(C)C)CC1. The number of carbonyl (C=O) groups excluding carboxylic acids is 1. The maximum absolute atomic E-state index is 12.2. The summed E-state index contributed by atoms with van der Waals surface area (Å²) in [5.74, 6) is 1.64. The van der Waals surface area contributed by atoms with Crippen LogP contribution < -0.4 is 0 Å². The van der Waals surface area contributed by atoms with Gasteiger partial charge >= 0.3 is 0 Å². The van der Waals surface area contributed by atoms with Crippen molar-refractivity contribution in [3.8, 4) is 0 Å². The summed E-state index contributed by atoms with van der Waals surface area (Å²) in [7, 11) is 0. The fraction of sp³-hybridized carbons (Fsp3) is 0.933. The average molecular weight is 271 g/mol. The highest BCUT2D eigenvalue weighted by Crippen LogP contribution is 2.33. The molecule has 1 fully saturated rings. The maximum Gasteiger partial charge on any atom is 0.222 e. The van der Waals surface area contributed by atoms with Crippen molar-refractivity contribution in [3.63, 3.8) is 0 Å². The minimum atomic E-state index is 0.212. The quantitative estimate of drug-likeness (QED) is 0.777. The standard InChI is InChI=1S/C15H29NOS/c1-14(2,3)12(11-18)10-16-9-8-15(4,5)7-6-13(16)17/h12,18H,6-11H2,1-5H3. The molecular weight excluding hydrogens is 242 g/mol. The predicted octanol–water partition coefficient (Wildman–Crippen LogP) is 3.62. The van der Waals surface area contributed by atoms with Crippen molar-refractivity contribution in [1.29, 1.82) is 0 Å². The Labute approximate surface area is 118 Å². The van der Waals surface area contributed by atoms with E-state index in [1.165, 1.54) is 0 Å². The second-order valence-electron chi connectivity index (χ2n) is 7.50. The molecule has 0 aromatic heterocycles. The number of nitrogens with zero attached hydrogens (tertiary/aromatic N) is 1. The molecule has 106 valence electrons. The van der Waals surface area contributed by atoms with Gasteiger partial charge in [-0.2, -0.15) is 12.6 Å². The molecule has 0 aliphatic carbocycles. The number of amides is 1. The number of thiol groups is 1. The molecule has 1 saturated heterocycles. The van der Waals surface area contributed by atoms with Crippen LogP contribution in [0.15, 0.2) is 0 Å². The third-order valence-corrected chi connectivity index (χ3v) is 4.75. The largest absolute Gasteiger partial charge is 0.342 e. The molecule has 18 heavy (non-hydrogen) atoms. The fourth-order valence-electron chi connectivity index (χ4n) is 2.36. The van der Waals surface area contributed by atoms with Crippen molar-refractivity contribution in [2.75, 3.05) is 18.8 Å². The summed E-state index contributed by atoms with van der Waals surface area (Å²) < 4.78 is 0. The molecule has 1 aliphatic rings. The fourth-order valence-corrected chi connectivity index (χ4v) is 3.02. The van der Waals surface area contributed by atoms with Crippen molar-refractivity contribution in [3.05, 3.63) is 0 Å². The van der Waals surface area contributed by atoms with Crippen LogP contribution in [0.4, 0.5) is 0 Å². The van der Waals surface area contributed by atoms with Crippen molar-refractivity contribution in [2.24, 2.45) is 16.7 Å². The molecule has 2 nitrogen and oxygen atoms in total. The third-order valence-electron chi connectivity index (χ3n) is 4.31. The van der Waals surface area contributed by atoms with Gasteiger partial charge in [0, 0.05) is 19.5 Å². The molecule has 0 aromatic carbocycles. The maximum atomic E-state index is 12.2. The highest BCUT2D eigenvalue weighted by atomic mass is 32.1. The molecule has 1 atom stereocenters. The summed E-state index contributed by atoms with van der Waals surface area (Å²) in [6.45, 7) is 13.0. The molecule has 0 spiro atoms. The van der Waals surface area contributed by atoms with Crippen molar-refractivity contribution >= 4 is 18.5 Å². The van der Waals surface area contributed by atoms with Crippen LogP contribution in [-0.4, -0.2) is 29.6 Å². The van der Waals surface area contributed by atoms with Crippen molar-refractivity contribution in [1.82, 2.24) is 4.90 Å². The highest BCUT2D eigenvalue weighted by Gasteiger charge is 2.31. The summed E-state index contributed by atoms with van der Waals surface area (Å²) in [6, 6.07) is 0. The second-order valence-corrected chi connectivity index (χ2v) is 7.86. The van der Waals surface area contributed by atoms with Crippen LogP contribution in [0.2, 0.25) is 0 Å².